The number of nitrogens with zero attached hydrogens (tertiary/aromatic N) is 1. The Bertz CT molecular complexity index is 502. The molecule has 0 spiro atoms. The monoisotopic (exact) mass is 272 g/mol. The number of hydrogen-bond acceptors (Lipinski definition) is 3. The number of fused-ring (bicyclic) bond motifs is 1. The Hall–Kier alpha value is -1.84. The van der Waals surface area contributed by atoms with Gasteiger partial charge in [-0.15, -0.1) is 0 Å². The minimum absolute atomic E-state index is 0.0148. The number of anilines is 1. The lowest BCUT2D eigenvalue weighted by molar-refractivity contribution is -0.140. The fourth-order valence-corrected chi connectivity index (χ4v) is 3.41. The third-order valence-corrected chi connectivity index (χ3v) is 4.51. The van der Waals surface area contributed by atoms with Gasteiger partial charge in [0.1, 0.15) is 0 Å². The van der Waals surface area contributed by atoms with Crippen LogP contribution in [0.3, 0.4) is 0 Å². The molecule has 2 amide bonds. The van der Waals surface area contributed by atoms with Crippen LogP contribution < -0.4 is 5.73 Å². The molecule has 1 aliphatic heterocycles. The highest BCUT2D eigenvalue weighted by Gasteiger charge is 2.49. The Kier molecular flexibility index (Phi) is 3.47. The largest absolute Gasteiger partial charge is 0.399 e. The Morgan fingerprint density at radius 3 is 2.25 bits per heavy atom. The number of nitrogen functional groups attached to an aromatic ring is 1. The summed E-state index contributed by atoms with van der Waals surface area (Å²) in [6.07, 6.45) is 4.49. The minimum Gasteiger partial charge on any atom is -0.399 e. The van der Waals surface area contributed by atoms with Crippen LogP contribution in [0, 0.1) is 11.8 Å². The molecular formula is C16H20N2O2. The molecule has 1 saturated heterocycles. The van der Waals surface area contributed by atoms with Gasteiger partial charge in [-0.1, -0.05) is 18.6 Å². The van der Waals surface area contributed by atoms with Crippen LogP contribution in [0.25, 0.3) is 0 Å². The first-order valence-electron chi connectivity index (χ1n) is 7.36. The molecule has 1 aromatic carbocycles. The van der Waals surface area contributed by atoms with E-state index in [1.54, 1.807) is 0 Å². The van der Waals surface area contributed by atoms with E-state index in [2.05, 4.69) is 0 Å². The number of carbonyl (C=O) groups excluding carboxylic acids is 2. The Morgan fingerprint density at radius 1 is 1.05 bits per heavy atom. The topological polar surface area (TPSA) is 63.4 Å². The van der Waals surface area contributed by atoms with Gasteiger partial charge in [-0.05, 0) is 43.4 Å². The van der Waals surface area contributed by atoms with Crippen molar-refractivity contribution < 1.29 is 9.59 Å². The standard InChI is InChI=1S/C16H20N2O2/c17-12-8-6-11(7-9-12)3-2-10-18-15(19)13-4-1-5-14(13)16(18)20/h6-9,13-14H,1-5,10,17H2. The average Bonchev–Trinajstić information content (AvgIpc) is 3.00. The van der Waals surface area contributed by atoms with Crippen LogP contribution in [0.15, 0.2) is 24.3 Å². The van der Waals surface area contributed by atoms with Gasteiger partial charge in [0.2, 0.25) is 11.8 Å². The molecule has 0 aromatic heterocycles. The van der Waals surface area contributed by atoms with Gasteiger partial charge in [0.25, 0.3) is 0 Å². The molecule has 0 bridgehead atoms. The van der Waals surface area contributed by atoms with Gasteiger partial charge in [0.15, 0.2) is 0 Å². The van der Waals surface area contributed by atoms with Crippen molar-refractivity contribution in [1.82, 2.24) is 4.90 Å². The van der Waals surface area contributed by atoms with Crippen molar-refractivity contribution in [1.29, 1.82) is 0 Å². The van der Waals surface area contributed by atoms with Crippen LogP contribution in [0.2, 0.25) is 0 Å². The predicted octanol–water partition coefficient (Wildman–Crippen LogP) is 1.99. The summed E-state index contributed by atoms with van der Waals surface area (Å²) in [5.74, 6) is 0.0997. The summed E-state index contributed by atoms with van der Waals surface area (Å²) in [6, 6.07) is 7.76. The first kappa shape index (κ1) is 13.2. The second kappa shape index (κ2) is 5.27. The van der Waals surface area contributed by atoms with E-state index >= 15 is 0 Å². The molecule has 4 nitrogen and oxygen atoms in total. The van der Waals surface area contributed by atoms with E-state index in [4.69, 9.17) is 5.73 Å². The predicted molar refractivity (Wildman–Crippen MR) is 76.7 cm³/mol. The van der Waals surface area contributed by atoms with Gasteiger partial charge >= 0.3 is 0 Å². The quantitative estimate of drug-likeness (QED) is 0.673. The maximum absolute atomic E-state index is 12.2. The molecule has 1 aliphatic carbocycles. The van der Waals surface area contributed by atoms with Crippen LogP contribution in [0.4, 0.5) is 5.69 Å². The van der Waals surface area contributed by atoms with Crippen LogP contribution in [-0.4, -0.2) is 23.3 Å². The highest BCUT2D eigenvalue weighted by atomic mass is 16.2. The van der Waals surface area contributed by atoms with Crippen molar-refractivity contribution >= 4 is 17.5 Å². The molecule has 20 heavy (non-hydrogen) atoms. The van der Waals surface area contributed by atoms with Crippen LogP contribution >= 0.6 is 0 Å². The first-order chi connectivity index (χ1) is 9.66. The van der Waals surface area contributed by atoms with Gasteiger partial charge in [-0.3, -0.25) is 14.5 Å². The highest BCUT2D eigenvalue weighted by Crippen LogP contribution is 2.39. The van der Waals surface area contributed by atoms with E-state index in [1.807, 2.05) is 24.3 Å². The van der Waals surface area contributed by atoms with Crippen molar-refractivity contribution in [2.45, 2.75) is 32.1 Å². The normalized spacial score (nSPS) is 25.3. The molecule has 2 aliphatic rings. The molecule has 2 N–H and O–H groups in total. The van der Waals surface area contributed by atoms with Gasteiger partial charge in [0, 0.05) is 12.2 Å². The molecule has 106 valence electrons. The molecule has 0 radical (unpaired) electrons. The summed E-state index contributed by atoms with van der Waals surface area (Å²) in [7, 11) is 0. The number of carbonyl (C=O) groups is 2. The maximum atomic E-state index is 12.2. The Balaban J connectivity index is 1.55. The van der Waals surface area contributed by atoms with Crippen LogP contribution in [-0.2, 0) is 16.0 Å². The highest BCUT2D eigenvalue weighted by molar-refractivity contribution is 6.05. The summed E-state index contributed by atoms with van der Waals surface area (Å²) in [5, 5.41) is 0. The number of likely N-dealkylation sites (tertiary alicyclic amines) is 1. The number of rotatable bonds is 4. The number of amides is 2. The SMILES string of the molecule is Nc1ccc(CCCN2C(=O)C3CCCC3C2=O)cc1. The molecule has 2 atom stereocenters. The maximum Gasteiger partial charge on any atom is 0.233 e. The molecule has 2 unspecified atom stereocenters. The fraction of sp³-hybridized carbons (Fsp3) is 0.500. The average molecular weight is 272 g/mol. The van der Waals surface area contributed by atoms with Crippen molar-refractivity contribution in [2.75, 3.05) is 12.3 Å². The third kappa shape index (κ3) is 2.30. The number of nitrogens with two attached hydrogens (primary N) is 1. The Labute approximate surface area is 118 Å². The van der Waals surface area contributed by atoms with E-state index in [0.29, 0.717) is 6.54 Å². The molecule has 1 heterocycles. The Morgan fingerprint density at radius 2 is 1.65 bits per heavy atom. The smallest absolute Gasteiger partial charge is 0.233 e. The second-order valence-corrected chi connectivity index (χ2v) is 5.82. The zero-order chi connectivity index (χ0) is 14.1. The molecular weight excluding hydrogens is 252 g/mol. The number of benzene rings is 1. The van der Waals surface area contributed by atoms with E-state index in [-0.39, 0.29) is 23.7 Å². The number of hydrogen-bond donors (Lipinski definition) is 1. The summed E-state index contributed by atoms with van der Waals surface area (Å²) < 4.78 is 0. The lowest BCUT2D eigenvalue weighted by atomic mass is 10.00. The lowest BCUT2D eigenvalue weighted by Crippen LogP contribution is -2.32. The first-order valence-corrected chi connectivity index (χ1v) is 7.36. The van der Waals surface area contributed by atoms with Crippen molar-refractivity contribution in [3.8, 4) is 0 Å². The van der Waals surface area contributed by atoms with Crippen molar-refractivity contribution in [3.63, 3.8) is 0 Å². The number of imide groups is 1. The van der Waals surface area contributed by atoms with Gasteiger partial charge in [0.05, 0.1) is 11.8 Å². The molecule has 1 aromatic rings. The second-order valence-electron chi connectivity index (χ2n) is 5.82. The zero-order valence-corrected chi connectivity index (χ0v) is 11.5. The zero-order valence-electron chi connectivity index (χ0n) is 11.5. The van der Waals surface area contributed by atoms with E-state index in [0.717, 1.165) is 37.8 Å². The minimum atomic E-state index is -0.0148. The van der Waals surface area contributed by atoms with E-state index < -0.39 is 0 Å². The molecule has 1 saturated carbocycles. The molecule has 3 rings (SSSR count). The van der Waals surface area contributed by atoms with Crippen molar-refractivity contribution in [2.24, 2.45) is 11.8 Å². The van der Waals surface area contributed by atoms with E-state index in [1.165, 1.54) is 10.5 Å². The summed E-state index contributed by atoms with van der Waals surface area (Å²) in [5.41, 5.74) is 7.60. The summed E-state index contributed by atoms with van der Waals surface area (Å²) in [6.45, 7) is 0.551. The molecule has 2 fully saturated rings. The summed E-state index contributed by atoms with van der Waals surface area (Å²) in [4.78, 5) is 25.8. The summed E-state index contributed by atoms with van der Waals surface area (Å²) >= 11 is 0. The van der Waals surface area contributed by atoms with Crippen LogP contribution in [0.5, 0.6) is 0 Å². The van der Waals surface area contributed by atoms with Gasteiger partial charge in [-0.2, -0.15) is 0 Å². The van der Waals surface area contributed by atoms with Crippen LogP contribution in [0.1, 0.15) is 31.2 Å². The van der Waals surface area contributed by atoms with Gasteiger partial charge < -0.3 is 5.73 Å². The third-order valence-electron chi connectivity index (χ3n) is 4.51. The number of aryl methyl sites for hydroxylation is 1. The molecule has 4 heteroatoms. The lowest BCUT2D eigenvalue weighted by Gasteiger charge is -2.15. The fourth-order valence-electron chi connectivity index (χ4n) is 3.41. The van der Waals surface area contributed by atoms with Gasteiger partial charge in [-0.25, -0.2) is 0 Å². The van der Waals surface area contributed by atoms with E-state index in [9.17, 15) is 9.59 Å². The van der Waals surface area contributed by atoms with Crippen molar-refractivity contribution in [3.05, 3.63) is 29.8 Å².